The molecule has 0 bridgehead atoms. The Morgan fingerprint density at radius 2 is 1.79 bits per heavy atom. The van der Waals surface area contributed by atoms with Crippen LogP contribution in [0, 0.1) is 5.92 Å². The third-order valence-electron chi connectivity index (χ3n) is 3.32. The molecule has 2 nitrogen and oxygen atoms in total. The Kier molecular flexibility index (Phi) is 5.34. The van der Waals surface area contributed by atoms with Crippen molar-refractivity contribution in [1.82, 2.24) is 0 Å². The maximum absolute atomic E-state index is 9.06. The molecule has 0 spiro atoms. The molecule has 0 rings (SSSR count). The molecule has 0 aliphatic rings. The molecule has 0 saturated carbocycles. The van der Waals surface area contributed by atoms with Crippen LogP contribution in [0.25, 0.3) is 0 Å². The van der Waals surface area contributed by atoms with Crippen LogP contribution in [0.15, 0.2) is 0 Å². The molecular weight excluding hydrogens is 192 g/mol. The summed E-state index contributed by atoms with van der Waals surface area (Å²) in [5.41, 5.74) is 0. The van der Waals surface area contributed by atoms with E-state index < -0.39 is 8.32 Å². The summed E-state index contributed by atoms with van der Waals surface area (Å²) >= 11 is 0. The van der Waals surface area contributed by atoms with E-state index in [1.54, 1.807) is 0 Å². The van der Waals surface area contributed by atoms with Crippen LogP contribution in [0.2, 0.25) is 18.1 Å². The lowest BCUT2D eigenvalue weighted by Crippen LogP contribution is -2.42. The van der Waals surface area contributed by atoms with Crippen LogP contribution in [-0.2, 0) is 4.43 Å². The zero-order valence-corrected chi connectivity index (χ0v) is 11.6. The van der Waals surface area contributed by atoms with Gasteiger partial charge in [-0.15, -0.1) is 0 Å². The molecule has 0 unspecified atom stereocenters. The smallest absolute Gasteiger partial charge is 0.191 e. The first-order chi connectivity index (χ1) is 6.24. The monoisotopic (exact) mass is 218 g/mol. The zero-order chi connectivity index (χ0) is 11.4. The second-order valence-corrected chi connectivity index (χ2v) is 10.3. The SMILES string of the molecule is CC[C@H](CO)CO[Si](C)(C)C(C)(C)C. The van der Waals surface area contributed by atoms with Gasteiger partial charge < -0.3 is 9.53 Å². The molecule has 86 valence electrons. The quantitative estimate of drug-likeness (QED) is 0.719. The van der Waals surface area contributed by atoms with Crippen LogP contribution >= 0.6 is 0 Å². The lowest BCUT2D eigenvalue weighted by Gasteiger charge is -2.37. The summed E-state index contributed by atoms with van der Waals surface area (Å²) in [6.07, 6.45) is 0.991. The third-order valence-corrected chi connectivity index (χ3v) is 7.82. The Balaban J connectivity index is 4.11. The van der Waals surface area contributed by atoms with Crippen LogP contribution in [0.3, 0.4) is 0 Å². The minimum Gasteiger partial charge on any atom is -0.416 e. The van der Waals surface area contributed by atoms with Gasteiger partial charge in [0.15, 0.2) is 8.32 Å². The lowest BCUT2D eigenvalue weighted by atomic mass is 10.1. The average molecular weight is 218 g/mol. The Hall–Kier alpha value is 0.137. The fourth-order valence-corrected chi connectivity index (χ4v) is 1.93. The van der Waals surface area contributed by atoms with Gasteiger partial charge >= 0.3 is 0 Å². The van der Waals surface area contributed by atoms with Crippen molar-refractivity contribution in [2.75, 3.05) is 13.2 Å². The van der Waals surface area contributed by atoms with E-state index >= 15 is 0 Å². The maximum Gasteiger partial charge on any atom is 0.191 e. The fraction of sp³-hybridized carbons (Fsp3) is 1.00. The largest absolute Gasteiger partial charge is 0.416 e. The van der Waals surface area contributed by atoms with Gasteiger partial charge in [-0.2, -0.15) is 0 Å². The Labute approximate surface area is 89.8 Å². The summed E-state index contributed by atoms with van der Waals surface area (Å²) in [4.78, 5) is 0. The van der Waals surface area contributed by atoms with E-state index in [9.17, 15) is 0 Å². The molecule has 14 heavy (non-hydrogen) atoms. The second-order valence-electron chi connectivity index (χ2n) is 5.53. The molecule has 0 heterocycles. The maximum atomic E-state index is 9.06. The Bertz CT molecular complexity index is 157. The number of rotatable bonds is 5. The topological polar surface area (TPSA) is 29.5 Å². The third kappa shape index (κ3) is 4.11. The van der Waals surface area contributed by atoms with Gasteiger partial charge in [-0.05, 0) is 24.6 Å². The molecule has 0 amide bonds. The number of aliphatic hydroxyl groups is 1. The van der Waals surface area contributed by atoms with Crippen molar-refractivity contribution in [1.29, 1.82) is 0 Å². The number of hydrogen-bond donors (Lipinski definition) is 1. The van der Waals surface area contributed by atoms with E-state index in [1.807, 2.05) is 0 Å². The first kappa shape index (κ1) is 14.1. The molecule has 0 aromatic rings. The Morgan fingerprint density at radius 1 is 1.29 bits per heavy atom. The van der Waals surface area contributed by atoms with Crippen LogP contribution in [0.5, 0.6) is 0 Å². The van der Waals surface area contributed by atoms with Crippen LogP contribution in [0.4, 0.5) is 0 Å². The molecule has 0 radical (unpaired) electrons. The molecule has 0 fully saturated rings. The molecule has 0 aliphatic carbocycles. The second kappa shape index (κ2) is 5.28. The standard InChI is InChI=1S/C11H26O2Si/c1-7-10(8-12)9-13-14(5,6)11(2,3)4/h10,12H,7-9H2,1-6H3/t10-/m1/s1. The highest BCUT2D eigenvalue weighted by Crippen LogP contribution is 2.36. The summed E-state index contributed by atoms with van der Waals surface area (Å²) in [6.45, 7) is 14.2. The average Bonchev–Trinajstić information content (AvgIpc) is 2.04. The van der Waals surface area contributed by atoms with Gasteiger partial charge in [-0.1, -0.05) is 27.7 Å². The van der Waals surface area contributed by atoms with Gasteiger partial charge in [0, 0.05) is 19.1 Å². The summed E-state index contributed by atoms with van der Waals surface area (Å²) in [5, 5.41) is 9.33. The van der Waals surface area contributed by atoms with Crippen LogP contribution in [-0.4, -0.2) is 26.6 Å². The first-order valence-electron chi connectivity index (χ1n) is 5.49. The molecule has 0 aliphatic heterocycles. The van der Waals surface area contributed by atoms with Gasteiger partial charge in [0.1, 0.15) is 0 Å². The van der Waals surface area contributed by atoms with Crippen molar-refractivity contribution in [2.45, 2.75) is 52.2 Å². The predicted molar refractivity (Wildman–Crippen MR) is 64.0 cm³/mol. The minimum atomic E-state index is -1.61. The molecule has 1 N–H and O–H groups in total. The molecule has 3 heteroatoms. The van der Waals surface area contributed by atoms with Crippen molar-refractivity contribution in [3.63, 3.8) is 0 Å². The number of hydrogen-bond acceptors (Lipinski definition) is 2. The highest BCUT2D eigenvalue weighted by Gasteiger charge is 2.37. The Morgan fingerprint density at radius 3 is 2.07 bits per heavy atom. The van der Waals surface area contributed by atoms with E-state index in [2.05, 4.69) is 40.8 Å². The molecular formula is C11H26O2Si. The normalized spacial score (nSPS) is 15.6. The molecule has 0 aromatic heterocycles. The van der Waals surface area contributed by atoms with Crippen molar-refractivity contribution >= 4 is 8.32 Å². The molecule has 1 atom stereocenters. The van der Waals surface area contributed by atoms with Gasteiger partial charge in [-0.25, -0.2) is 0 Å². The highest BCUT2D eigenvalue weighted by molar-refractivity contribution is 6.74. The van der Waals surface area contributed by atoms with E-state index in [-0.39, 0.29) is 11.6 Å². The first-order valence-corrected chi connectivity index (χ1v) is 8.40. The number of aliphatic hydroxyl groups excluding tert-OH is 1. The van der Waals surface area contributed by atoms with Crippen LogP contribution < -0.4 is 0 Å². The zero-order valence-electron chi connectivity index (χ0n) is 10.6. The van der Waals surface area contributed by atoms with Gasteiger partial charge in [0.2, 0.25) is 0 Å². The van der Waals surface area contributed by atoms with Gasteiger partial charge in [0.25, 0.3) is 0 Å². The van der Waals surface area contributed by atoms with E-state index in [0.717, 1.165) is 6.42 Å². The van der Waals surface area contributed by atoms with Crippen molar-refractivity contribution in [3.8, 4) is 0 Å². The minimum absolute atomic E-state index is 0.241. The van der Waals surface area contributed by atoms with Crippen molar-refractivity contribution < 1.29 is 9.53 Å². The molecule has 0 aromatic carbocycles. The van der Waals surface area contributed by atoms with Gasteiger partial charge in [0.05, 0.1) is 0 Å². The van der Waals surface area contributed by atoms with Crippen molar-refractivity contribution in [3.05, 3.63) is 0 Å². The fourth-order valence-electron chi connectivity index (χ4n) is 0.842. The van der Waals surface area contributed by atoms with Gasteiger partial charge in [-0.3, -0.25) is 0 Å². The van der Waals surface area contributed by atoms with E-state index in [0.29, 0.717) is 12.5 Å². The summed E-state index contributed by atoms with van der Waals surface area (Å²) < 4.78 is 6.02. The van der Waals surface area contributed by atoms with E-state index in [4.69, 9.17) is 9.53 Å². The molecule has 0 saturated heterocycles. The van der Waals surface area contributed by atoms with Crippen molar-refractivity contribution in [2.24, 2.45) is 5.92 Å². The summed E-state index contributed by atoms with van der Waals surface area (Å²) in [5.74, 6) is 0.309. The lowest BCUT2D eigenvalue weighted by molar-refractivity contribution is 0.151. The summed E-state index contributed by atoms with van der Waals surface area (Å²) in [7, 11) is -1.61. The van der Waals surface area contributed by atoms with E-state index in [1.165, 1.54) is 0 Å². The van der Waals surface area contributed by atoms with Crippen LogP contribution in [0.1, 0.15) is 34.1 Å². The summed E-state index contributed by atoms with van der Waals surface area (Å²) in [6, 6.07) is 0. The highest BCUT2D eigenvalue weighted by atomic mass is 28.4. The predicted octanol–water partition coefficient (Wildman–Crippen LogP) is 3.03.